The van der Waals surface area contributed by atoms with Crippen molar-refractivity contribution in [1.82, 2.24) is 5.32 Å². The largest absolute Gasteiger partial charge is 0.375 e. The molecular weight excluding hydrogens is 322 g/mol. The highest BCUT2D eigenvalue weighted by Crippen LogP contribution is 2.46. The molecule has 2 aliphatic rings. The van der Waals surface area contributed by atoms with Crippen molar-refractivity contribution in [3.05, 3.63) is 20.8 Å². The van der Waals surface area contributed by atoms with Crippen molar-refractivity contribution < 1.29 is 4.74 Å². The second-order valence-corrected chi connectivity index (χ2v) is 7.78. The van der Waals surface area contributed by atoms with Crippen LogP contribution in [0, 0.1) is 5.92 Å². The number of hydrogen-bond acceptors (Lipinski definition) is 3. The van der Waals surface area contributed by atoms with Crippen LogP contribution in [0.25, 0.3) is 0 Å². The van der Waals surface area contributed by atoms with Gasteiger partial charge in [-0.05, 0) is 60.6 Å². The first-order valence-electron chi connectivity index (χ1n) is 7.28. The van der Waals surface area contributed by atoms with Gasteiger partial charge in [0.1, 0.15) is 0 Å². The third kappa shape index (κ3) is 2.92. The van der Waals surface area contributed by atoms with E-state index < -0.39 is 0 Å². The van der Waals surface area contributed by atoms with E-state index >= 15 is 0 Å². The van der Waals surface area contributed by atoms with Crippen LogP contribution in [0.2, 0.25) is 0 Å². The fraction of sp³-hybridized carbons (Fsp3) is 0.733. The molecule has 1 aliphatic heterocycles. The predicted octanol–water partition coefficient (Wildman–Crippen LogP) is 4.51. The van der Waals surface area contributed by atoms with Crippen LogP contribution in [-0.2, 0) is 4.74 Å². The van der Waals surface area contributed by atoms with E-state index in [9.17, 15) is 0 Å². The summed E-state index contributed by atoms with van der Waals surface area (Å²) in [4.78, 5) is 1.45. The van der Waals surface area contributed by atoms with Gasteiger partial charge in [0.15, 0.2) is 0 Å². The summed E-state index contributed by atoms with van der Waals surface area (Å²) in [5.41, 5.74) is 0.215. The number of ether oxygens (including phenoxy) is 1. The minimum Gasteiger partial charge on any atom is -0.375 e. The fourth-order valence-electron chi connectivity index (χ4n) is 3.82. The third-order valence-electron chi connectivity index (χ3n) is 4.72. The summed E-state index contributed by atoms with van der Waals surface area (Å²) in [6.07, 6.45) is 7.65. The molecule has 0 aromatic carbocycles. The Morgan fingerprint density at radius 1 is 1.47 bits per heavy atom. The lowest BCUT2D eigenvalue weighted by Crippen LogP contribution is -2.41. The maximum Gasteiger partial charge on any atom is 0.0686 e. The van der Waals surface area contributed by atoms with Crippen LogP contribution in [0.1, 0.15) is 49.4 Å². The number of thiophene rings is 1. The second-order valence-electron chi connectivity index (χ2n) is 5.93. The molecule has 3 rings (SSSR count). The molecule has 2 heterocycles. The van der Waals surface area contributed by atoms with Gasteiger partial charge < -0.3 is 10.1 Å². The SMILES string of the molecule is CNC(c1cc(Br)cs1)C1CCOC2(CCCC2)C1. The average Bonchev–Trinajstić information content (AvgIpc) is 3.01. The number of rotatable bonds is 3. The zero-order valence-electron chi connectivity index (χ0n) is 11.5. The van der Waals surface area contributed by atoms with Gasteiger partial charge in [-0.15, -0.1) is 11.3 Å². The first-order valence-corrected chi connectivity index (χ1v) is 8.95. The van der Waals surface area contributed by atoms with Crippen molar-refractivity contribution in [2.45, 2.75) is 50.2 Å². The lowest BCUT2D eigenvalue weighted by atomic mass is 9.80. The monoisotopic (exact) mass is 343 g/mol. The topological polar surface area (TPSA) is 21.3 Å². The Balaban J connectivity index is 1.76. The van der Waals surface area contributed by atoms with Crippen molar-refractivity contribution in [2.24, 2.45) is 5.92 Å². The van der Waals surface area contributed by atoms with Gasteiger partial charge in [-0.25, -0.2) is 0 Å². The van der Waals surface area contributed by atoms with Crippen molar-refractivity contribution in [2.75, 3.05) is 13.7 Å². The van der Waals surface area contributed by atoms with Crippen molar-refractivity contribution in [3.63, 3.8) is 0 Å². The Kier molecular flexibility index (Phi) is 4.32. The van der Waals surface area contributed by atoms with E-state index in [1.54, 1.807) is 0 Å². The van der Waals surface area contributed by atoms with E-state index in [2.05, 4.69) is 39.7 Å². The van der Waals surface area contributed by atoms with Gasteiger partial charge in [-0.2, -0.15) is 0 Å². The molecule has 1 aliphatic carbocycles. The standard InChI is InChI=1S/C15H22BrNOS/c1-17-14(13-8-12(16)10-19-13)11-4-7-18-15(9-11)5-2-3-6-15/h8,10-11,14,17H,2-7,9H2,1H3. The molecular formula is C15H22BrNOS. The number of hydrogen-bond donors (Lipinski definition) is 1. The Morgan fingerprint density at radius 3 is 2.89 bits per heavy atom. The van der Waals surface area contributed by atoms with Gasteiger partial charge in [0.05, 0.1) is 5.60 Å². The molecule has 1 aromatic rings. The molecule has 1 spiro atoms. The minimum absolute atomic E-state index is 0.215. The molecule has 4 heteroatoms. The molecule has 1 aromatic heterocycles. The van der Waals surface area contributed by atoms with Gasteiger partial charge in [-0.1, -0.05) is 12.8 Å². The molecule has 0 radical (unpaired) electrons. The van der Waals surface area contributed by atoms with E-state index in [1.807, 2.05) is 11.3 Å². The molecule has 0 bridgehead atoms. The molecule has 0 amide bonds. The zero-order valence-corrected chi connectivity index (χ0v) is 13.9. The average molecular weight is 344 g/mol. The minimum atomic E-state index is 0.215. The van der Waals surface area contributed by atoms with Crippen LogP contribution in [0.15, 0.2) is 15.9 Å². The van der Waals surface area contributed by atoms with E-state index in [4.69, 9.17) is 4.74 Å². The molecule has 106 valence electrons. The summed E-state index contributed by atoms with van der Waals surface area (Å²) in [5.74, 6) is 0.711. The van der Waals surface area contributed by atoms with Crippen LogP contribution >= 0.6 is 27.3 Å². The van der Waals surface area contributed by atoms with Crippen molar-refractivity contribution >= 4 is 27.3 Å². The smallest absolute Gasteiger partial charge is 0.0686 e. The highest BCUT2D eigenvalue weighted by Gasteiger charge is 2.42. The van der Waals surface area contributed by atoms with Crippen LogP contribution in [0.3, 0.4) is 0 Å². The Labute approximate surface area is 128 Å². The zero-order chi connectivity index (χ0) is 13.3. The van der Waals surface area contributed by atoms with Crippen LogP contribution in [0.5, 0.6) is 0 Å². The quantitative estimate of drug-likeness (QED) is 0.871. The summed E-state index contributed by atoms with van der Waals surface area (Å²) < 4.78 is 7.36. The van der Waals surface area contributed by atoms with Crippen LogP contribution < -0.4 is 5.32 Å². The molecule has 1 saturated carbocycles. The molecule has 1 saturated heterocycles. The van der Waals surface area contributed by atoms with Crippen LogP contribution in [0.4, 0.5) is 0 Å². The normalized spacial score (nSPS) is 27.8. The van der Waals surface area contributed by atoms with Crippen LogP contribution in [-0.4, -0.2) is 19.3 Å². The van der Waals surface area contributed by atoms with Gasteiger partial charge in [0.2, 0.25) is 0 Å². The van der Waals surface area contributed by atoms with Gasteiger partial charge in [0.25, 0.3) is 0 Å². The van der Waals surface area contributed by atoms with Gasteiger partial charge in [0, 0.05) is 27.4 Å². The first kappa shape index (κ1) is 14.1. The first-order chi connectivity index (χ1) is 9.22. The predicted molar refractivity (Wildman–Crippen MR) is 83.7 cm³/mol. The summed E-state index contributed by atoms with van der Waals surface area (Å²) in [6, 6.07) is 2.75. The summed E-state index contributed by atoms with van der Waals surface area (Å²) in [7, 11) is 2.09. The lowest BCUT2D eigenvalue weighted by Gasteiger charge is -2.41. The molecule has 19 heavy (non-hydrogen) atoms. The van der Waals surface area contributed by atoms with E-state index in [-0.39, 0.29) is 5.60 Å². The van der Waals surface area contributed by atoms with Gasteiger partial charge >= 0.3 is 0 Å². The lowest BCUT2D eigenvalue weighted by molar-refractivity contribution is -0.0977. The van der Waals surface area contributed by atoms with E-state index in [0.29, 0.717) is 12.0 Å². The molecule has 2 unspecified atom stereocenters. The van der Waals surface area contributed by atoms with Crippen molar-refractivity contribution in [3.8, 4) is 0 Å². The third-order valence-corrected chi connectivity index (χ3v) is 6.50. The molecule has 1 N–H and O–H groups in total. The number of halogens is 1. The fourth-order valence-corrected chi connectivity index (χ4v) is 5.47. The van der Waals surface area contributed by atoms with Gasteiger partial charge in [-0.3, -0.25) is 0 Å². The Hall–Kier alpha value is 0.1000. The number of nitrogens with one attached hydrogen (secondary N) is 1. The maximum absolute atomic E-state index is 6.16. The summed E-state index contributed by atoms with van der Waals surface area (Å²) in [5, 5.41) is 5.73. The maximum atomic E-state index is 6.16. The molecule has 2 fully saturated rings. The highest BCUT2D eigenvalue weighted by molar-refractivity contribution is 9.10. The highest BCUT2D eigenvalue weighted by atomic mass is 79.9. The van der Waals surface area contributed by atoms with E-state index in [0.717, 1.165) is 6.61 Å². The molecule has 2 nitrogen and oxygen atoms in total. The Morgan fingerprint density at radius 2 is 2.26 bits per heavy atom. The summed E-state index contributed by atoms with van der Waals surface area (Å²) in [6.45, 7) is 0.940. The summed E-state index contributed by atoms with van der Waals surface area (Å²) >= 11 is 5.43. The Bertz CT molecular complexity index is 428. The van der Waals surface area contributed by atoms with E-state index in [1.165, 1.54) is 47.9 Å². The van der Waals surface area contributed by atoms with Crippen molar-refractivity contribution in [1.29, 1.82) is 0 Å². The molecule has 2 atom stereocenters. The second kappa shape index (κ2) is 5.84.